The van der Waals surface area contributed by atoms with Gasteiger partial charge in [0.1, 0.15) is 0 Å². The number of amides is 2. The maximum atomic E-state index is 10.7. The standard InChI is InChI=1S/C7H6N4O/c8-5-10-7(12)11-6-1-3-9-4-2-6/h1-4H,(H2,9,10,11,12). The summed E-state index contributed by atoms with van der Waals surface area (Å²) in [6.07, 6.45) is 4.60. The highest BCUT2D eigenvalue weighted by atomic mass is 16.2. The van der Waals surface area contributed by atoms with Crippen LogP contribution in [0.15, 0.2) is 24.5 Å². The second-order valence-corrected chi connectivity index (χ2v) is 1.93. The van der Waals surface area contributed by atoms with Gasteiger partial charge in [-0.3, -0.25) is 4.98 Å². The molecule has 0 bridgehead atoms. The lowest BCUT2D eigenvalue weighted by molar-refractivity contribution is 0.255. The predicted molar refractivity (Wildman–Crippen MR) is 42.0 cm³/mol. The van der Waals surface area contributed by atoms with E-state index in [1.807, 2.05) is 5.32 Å². The van der Waals surface area contributed by atoms with Crippen molar-refractivity contribution in [3.63, 3.8) is 0 Å². The molecule has 2 N–H and O–H groups in total. The average Bonchev–Trinajstić information content (AvgIpc) is 2.06. The molecule has 0 atom stereocenters. The van der Waals surface area contributed by atoms with Gasteiger partial charge in [0.25, 0.3) is 0 Å². The number of aromatic nitrogens is 1. The largest absolute Gasteiger partial charge is 0.332 e. The number of anilines is 1. The Hall–Kier alpha value is -2.09. The van der Waals surface area contributed by atoms with Gasteiger partial charge in [-0.1, -0.05) is 0 Å². The van der Waals surface area contributed by atoms with E-state index in [-0.39, 0.29) is 0 Å². The molecule has 0 aromatic carbocycles. The first kappa shape index (κ1) is 8.01. The molecule has 1 aromatic rings. The third kappa shape index (κ3) is 2.27. The van der Waals surface area contributed by atoms with Crippen LogP contribution in [-0.4, -0.2) is 11.0 Å². The number of urea groups is 1. The first-order chi connectivity index (χ1) is 5.83. The van der Waals surface area contributed by atoms with E-state index in [1.54, 1.807) is 24.5 Å². The first-order valence-corrected chi connectivity index (χ1v) is 3.19. The van der Waals surface area contributed by atoms with Crippen LogP contribution >= 0.6 is 0 Å². The molecule has 0 saturated carbocycles. The van der Waals surface area contributed by atoms with Crippen LogP contribution in [-0.2, 0) is 0 Å². The molecule has 0 spiro atoms. The van der Waals surface area contributed by atoms with Crippen LogP contribution in [0.25, 0.3) is 0 Å². The Bertz CT molecular complexity index is 303. The second-order valence-electron chi connectivity index (χ2n) is 1.93. The van der Waals surface area contributed by atoms with E-state index in [0.29, 0.717) is 5.69 Å². The molecule has 1 aromatic heterocycles. The zero-order valence-corrected chi connectivity index (χ0v) is 6.11. The van der Waals surface area contributed by atoms with Crippen LogP contribution in [0.1, 0.15) is 0 Å². The lowest BCUT2D eigenvalue weighted by Gasteiger charge is -2.00. The number of nitrogens with zero attached hydrogens (tertiary/aromatic N) is 2. The Morgan fingerprint density at radius 2 is 2.17 bits per heavy atom. The van der Waals surface area contributed by atoms with E-state index < -0.39 is 6.03 Å². The van der Waals surface area contributed by atoms with E-state index in [2.05, 4.69) is 10.3 Å². The Labute approximate surface area is 69.0 Å². The molecule has 5 heteroatoms. The number of hydrogen-bond donors (Lipinski definition) is 2. The minimum Gasteiger partial charge on any atom is -0.307 e. The molecule has 60 valence electrons. The van der Waals surface area contributed by atoms with Crippen molar-refractivity contribution in [2.45, 2.75) is 0 Å². The van der Waals surface area contributed by atoms with Crippen molar-refractivity contribution in [3.05, 3.63) is 24.5 Å². The van der Waals surface area contributed by atoms with Gasteiger partial charge < -0.3 is 5.32 Å². The summed E-state index contributed by atoms with van der Waals surface area (Å²) < 4.78 is 0. The third-order valence-corrected chi connectivity index (χ3v) is 1.11. The van der Waals surface area contributed by atoms with E-state index in [1.165, 1.54) is 6.19 Å². The zero-order chi connectivity index (χ0) is 8.81. The highest BCUT2D eigenvalue weighted by Crippen LogP contribution is 2.01. The van der Waals surface area contributed by atoms with Gasteiger partial charge in [-0.2, -0.15) is 5.26 Å². The molecule has 0 saturated heterocycles. The second kappa shape index (κ2) is 3.93. The predicted octanol–water partition coefficient (Wildman–Crippen LogP) is 0.684. The number of carbonyl (C=O) groups excluding carboxylic acids is 1. The monoisotopic (exact) mass is 162 g/mol. The molecule has 0 aliphatic rings. The van der Waals surface area contributed by atoms with Crippen LogP contribution in [0, 0.1) is 11.5 Å². The molecular weight excluding hydrogens is 156 g/mol. The highest BCUT2D eigenvalue weighted by molar-refractivity contribution is 5.89. The first-order valence-electron chi connectivity index (χ1n) is 3.19. The summed E-state index contributed by atoms with van der Waals surface area (Å²) in [5.74, 6) is 0. The summed E-state index contributed by atoms with van der Waals surface area (Å²) in [5, 5.41) is 12.4. The van der Waals surface area contributed by atoms with Gasteiger partial charge in [0.2, 0.25) is 0 Å². The van der Waals surface area contributed by atoms with Crippen LogP contribution in [0.4, 0.5) is 10.5 Å². The Morgan fingerprint density at radius 1 is 1.50 bits per heavy atom. The summed E-state index contributed by atoms with van der Waals surface area (Å²) in [4.78, 5) is 14.5. The quantitative estimate of drug-likeness (QED) is 0.471. The zero-order valence-electron chi connectivity index (χ0n) is 6.11. The number of nitriles is 1. The molecule has 0 radical (unpaired) electrons. The molecule has 0 fully saturated rings. The fourth-order valence-electron chi connectivity index (χ4n) is 0.648. The molecular formula is C7H6N4O. The van der Waals surface area contributed by atoms with Crippen molar-refractivity contribution < 1.29 is 4.79 Å². The van der Waals surface area contributed by atoms with E-state index in [4.69, 9.17) is 5.26 Å². The summed E-state index contributed by atoms with van der Waals surface area (Å²) >= 11 is 0. The lowest BCUT2D eigenvalue weighted by atomic mass is 10.4. The van der Waals surface area contributed by atoms with E-state index in [9.17, 15) is 4.79 Å². The van der Waals surface area contributed by atoms with Gasteiger partial charge in [0.15, 0.2) is 6.19 Å². The lowest BCUT2D eigenvalue weighted by Crippen LogP contribution is -2.23. The Balaban J connectivity index is 2.54. The third-order valence-electron chi connectivity index (χ3n) is 1.11. The van der Waals surface area contributed by atoms with Gasteiger partial charge >= 0.3 is 6.03 Å². The van der Waals surface area contributed by atoms with Crippen LogP contribution in [0.3, 0.4) is 0 Å². The average molecular weight is 162 g/mol. The van der Waals surface area contributed by atoms with Crippen molar-refractivity contribution >= 4 is 11.7 Å². The van der Waals surface area contributed by atoms with Crippen molar-refractivity contribution in [2.24, 2.45) is 0 Å². The number of carbonyl (C=O) groups is 1. The number of rotatable bonds is 1. The maximum absolute atomic E-state index is 10.7. The molecule has 12 heavy (non-hydrogen) atoms. The Morgan fingerprint density at radius 3 is 2.75 bits per heavy atom. The molecule has 1 rings (SSSR count). The minimum atomic E-state index is -0.552. The fraction of sp³-hybridized carbons (Fsp3) is 0. The fourth-order valence-corrected chi connectivity index (χ4v) is 0.648. The minimum absolute atomic E-state index is 0.552. The van der Waals surface area contributed by atoms with E-state index >= 15 is 0 Å². The molecule has 0 aliphatic carbocycles. The smallest absolute Gasteiger partial charge is 0.307 e. The molecule has 2 amide bonds. The van der Waals surface area contributed by atoms with Crippen LogP contribution in [0.2, 0.25) is 0 Å². The van der Waals surface area contributed by atoms with Gasteiger partial charge in [0.05, 0.1) is 0 Å². The Kier molecular flexibility index (Phi) is 2.62. The van der Waals surface area contributed by atoms with Gasteiger partial charge in [-0.15, -0.1) is 0 Å². The summed E-state index contributed by atoms with van der Waals surface area (Å²) in [6, 6.07) is 2.69. The molecule has 0 aliphatic heterocycles. The van der Waals surface area contributed by atoms with E-state index in [0.717, 1.165) is 0 Å². The van der Waals surface area contributed by atoms with Crippen LogP contribution in [0.5, 0.6) is 0 Å². The topological polar surface area (TPSA) is 77.8 Å². The summed E-state index contributed by atoms with van der Waals surface area (Å²) in [6.45, 7) is 0. The molecule has 1 heterocycles. The van der Waals surface area contributed by atoms with Crippen molar-refractivity contribution in [1.29, 1.82) is 5.26 Å². The highest BCUT2D eigenvalue weighted by Gasteiger charge is 1.97. The van der Waals surface area contributed by atoms with Crippen molar-refractivity contribution in [2.75, 3.05) is 5.32 Å². The summed E-state index contributed by atoms with van der Waals surface area (Å²) in [5.41, 5.74) is 0.595. The number of pyridine rings is 1. The van der Waals surface area contributed by atoms with Gasteiger partial charge in [-0.25, -0.2) is 10.1 Å². The normalized spacial score (nSPS) is 8.25. The SMILES string of the molecule is N#CNC(=O)Nc1ccncc1. The molecule has 0 unspecified atom stereocenters. The van der Waals surface area contributed by atoms with Crippen molar-refractivity contribution in [1.82, 2.24) is 10.3 Å². The van der Waals surface area contributed by atoms with Gasteiger partial charge in [0, 0.05) is 18.1 Å². The summed E-state index contributed by atoms with van der Waals surface area (Å²) in [7, 11) is 0. The number of hydrogen-bond acceptors (Lipinski definition) is 3. The number of nitrogens with one attached hydrogen (secondary N) is 2. The molecule has 5 nitrogen and oxygen atoms in total. The van der Waals surface area contributed by atoms with Crippen molar-refractivity contribution in [3.8, 4) is 6.19 Å². The maximum Gasteiger partial charge on any atom is 0.332 e. The van der Waals surface area contributed by atoms with Gasteiger partial charge in [-0.05, 0) is 12.1 Å². The van der Waals surface area contributed by atoms with Crippen LogP contribution < -0.4 is 10.6 Å².